The first-order valence-corrected chi connectivity index (χ1v) is 21.5. The number of ketones is 1. The van der Waals surface area contributed by atoms with Crippen molar-refractivity contribution in [3.8, 4) is 0 Å². The van der Waals surface area contributed by atoms with Crippen molar-refractivity contribution >= 4 is 29.8 Å². The molecule has 11 atom stereocenters. The van der Waals surface area contributed by atoms with E-state index in [2.05, 4.69) is 0 Å². The van der Waals surface area contributed by atoms with Crippen LogP contribution in [0.2, 0.25) is 0 Å². The Morgan fingerprint density at radius 2 is 1.51 bits per heavy atom. The van der Waals surface area contributed by atoms with Gasteiger partial charge >= 0.3 is 24.0 Å². The van der Waals surface area contributed by atoms with Crippen molar-refractivity contribution in [2.24, 2.45) is 16.7 Å². The molecule has 0 spiro atoms. The van der Waals surface area contributed by atoms with Crippen LogP contribution in [-0.2, 0) is 52.3 Å². The molecule has 2 aromatic rings. The van der Waals surface area contributed by atoms with Crippen LogP contribution in [0, 0.1) is 16.7 Å². The van der Waals surface area contributed by atoms with Gasteiger partial charge in [0.05, 0.1) is 29.6 Å². The summed E-state index contributed by atoms with van der Waals surface area (Å²) in [4.78, 5) is 73.5. The van der Waals surface area contributed by atoms with Crippen molar-refractivity contribution in [1.82, 2.24) is 4.90 Å². The number of benzene rings is 2. The second kappa shape index (κ2) is 16.1. The van der Waals surface area contributed by atoms with Crippen LogP contribution in [0.25, 0.3) is 0 Å². The third-order valence-corrected chi connectivity index (χ3v) is 14.2. The lowest BCUT2D eigenvalue weighted by Crippen LogP contribution is -2.82. The zero-order valence-electron chi connectivity index (χ0n) is 38.2. The molecule has 15 heteroatoms. The number of esters is 3. The van der Waals surface area contributed by atoms with Gasteiger partial charge in [0, 0.05) is 39.4 Å². The summed E-state index contributed by atoms with van der Waals surface area (Å²) in [5.41, 5.74) is -7.58. The van der Waals surface area contributed by atoms with E-state index < -0.39 is 112 Å². The maximum absolute atomic E-state index is 15.7. The van der Waals surface area contributed by atoms with Crippen LogP contribution in [0.3, 0.4) is 0 Å². The van der Waals surface area contributed by atoms with Gasteiger partial charge in [0.25, 0.3) is 0 Å². The smallest absolute Gasteiger partial charge is 0.413 e. The summed E-state index contributed by atoms with van der Waals surface area (Å²) in [5.74, 6) is -4.11. The lowest BCUT2D eigenvalue weighted by molar-refractivity contribution is -0.347. The lowest BCUT2D eigenvalue weighted by Gasteiger charge is -2.67. The molecule has 2 saturated carbocycles. The Balaban J connectivity index is 1.40. The van der Waals surface area contributed by atoms with Gasteiger partial charge in [0.2, 0.25) is 0 Å². The third kappa shape index (κ3) is 7.37. The topological polar surface area (TPSA) is 183 Å². The van der Waals surface area contributed by atoms with Gasteiger partial charge < -0.3 is 43.0 Å². The highest BCUT2D eigenvalue weighted by atomic mass is 16.6. The molecular weight excluding hydrogens is 815 g/mol. The van der Waals surface area contributed by atoms with E-state index in [0.717, 1.165) is 0 Å². The van der Waals surface area contributed by atoms with Gasteiger partial charge in [-0.3, -0.25) is 14.5 Å². The monoisotopic (exact) mass is 875 g/mol. The van der Waals surface area contributed by atoms with Gasteiger partial charge in [-0.25, -0.2) is 14.4 Å². The van der Waals surface area contributed by atoms with Gasteiger partial charge in [-0.1, -0.05) is 62.4 Å². The first-order chi connectivity index (χ1) is 29.4. The number of hydrogen-bond donors (Lipinski definition) is 1. The Morgan fingerprint density at radius 3 is 2.05 bits per heavy atom. The number of nitrogens with zero attached hydrogens (tertiary/aromatic N) is 1. The van der Waals surface area contributed by atoms with Crippen molar-refractivity contribution in [2.75, 3.05) is 20.8 Å². The van der Waals surface area contributed by atoms with Crippen molar-refractivity contribution in [3.63, 3.8) is 0 Å². The van der Waals surface area contributed by atoms with Crippen LogP contribution in [0.5, 0.6) is 0 Å². The number of aliphatic hydroxyl groups is 1. The van der Waals surface area contributed by atoms with E-state index in [1.54, 1.807) is 117 Å². The van der Waals surface area contributed by atoms with E-state index in [-0.39, 0.29) is 25.0 Å². The molecule has 15 nitrogen and oxygen atoms in total. The number of carbonyl (C=O) groups excluding carboxylic acids is 5. The molecule has 0 aromatic heterocycles. The second-order valence-electron chi connectivity index (χ2n) is 19.7. The molecule has 1 unspecified atom stereocenters. The molecule has 63 heavy (non-hydrogen) atoms. The second-order valence-corrected chi connectivity index (χ2v) is 19.7. The molecule has 2 saturated heterocycles. The molecule has 1 amide bonds. The Bertz CT molecular complexity index is 2160. The highest BCUT2D eigenvalue weighted by Crippen LogP contribution is 2.65. The van der Waals surface area contributed by atoms with Crippen LogP contribution in [0.4, 0.5) is 4.79 Å². The minimum atomic E-state index is -2.18. The molecule has 342 valence electrons. The van der Waals surface area contributed by atoms with E-state index >= 15 is 4.79 Å². The molecule has 1 N–H and O–H groups in total. The first kappa shape index (κ1) is 46.3. The molecule has 4 fully saturated rings. The number of hydrogen-bond acceptors (Lipinski definition) is 14. The fourth-order valence-corrected chi connectivity index (χ4v) is 11.2. The van der Waals surface area contributed by atoms with Crippen LogP contribution in [0.1, 0.15) is 104 Å². The van der Waals surface area contributed by atoms with E-state index in [1.165, 1.54) is 26.0 Å². The van der Waals surface area contributed by atoms with Crippen LogP contribution < -0.4 is 0 Å². The van der Waals surface area contributed by atoms with Crippen molar-refractivity contribution in [2.45, 2.75) is 147 Å². The molecule has 0 radical (unpaired) electrons. The molecule has 3 aliphatic carbocycles. The first-order valence-electron chi connectivity index (χ1n) is 21.5. The molecule has 2 heterocycles. The Hall–Kier alpha value is -4.67. The maximum Gasteiger partial charge on any atom is 0.413 e. The van der Waals surface area contributed by atoms with E-state index in [1.807, 2.05) is 6.07 Å². The molecule has 7 rings (SSSR count). The van der Waals surface area contributed by atoms with Crippen LogP contribution in [-0.4, -0.2) is 120 Å². The molecule has 2 bridgehead atoms. The standard InChI is InChI=1S/C48H61NO14/c1-26-30(59-41(53)36-34(28-19-15-13-16-20-28)49(45(8,9)62-36)42(54)63-43(3,4)5)24-48(55)39(60-40(52)29-21-17-14-18-22-29)37-46(10,38(51)35(57-12)33(26)44(48,6)7)31(56-11)23-32-47(37,25-58-32)61-27(2)50/h13-22,30-32,34-37,39,55H,23-25H2,1-12H3/t30-,31-,32+,34-,35+,36?,37-,39-,46+,47-,48+/m0/s1. The SMILES string of the molecule is CO[C@H]1C(=O)[C@]2(C)[C@@H](OC)C[C@H]3OC[C@@]3(OC(C)=O)[C@H]2[C@H](OC(=O)c2ccccc2)[C@]2(O)C[C@H](OC(=O)C3OC(C)(C)N(C(=O)OC(C)(C)C)[C@H]3c3ccccc3)C(C)=C1C2(C)C. The Labute approximate surface area is 368 Å². The van der Waals surface area contributed by atoms with Gasteiger partial charge in [0.1, 0.15) is 47.4 Å². The van der Waals surface area contributed by atoms with Crippen LogP contribution >= 0.6 is 0 Å². The number of fused-ring (bicyclic) bond motifs is 5. The van der Waals surface area contributed by atoms with E-state index in [4.69, 9.17) is 37.9 Å². The summed E-state index contributed by atoms with van der Waals surface area (Å²) in [6.45, 7) is 16.5. The zero-order valence-corrected chi connectivity index (χ0v) is 38.2. The fraction of sp³-hybridized carbons (Fsp3) is 0.604. The average molecular weight is 876 g/mol. The van der Waals surface area contributed by atoms with E-state index in [9.17, 15) is 24.3 Å². The highest BCUT2D eigenvalue weighted by molar-refractivity contribution is 5.94. The molecule has 2 aromatic carbocycles. The minimum Gasteiger partial charge on any atom is -0.456 e. The zero-order chi connectivity index (χ0) is 46.2. The van der Waals surface area contributed by atoms with Gasteiger partial charge in [-0.2, -0.15) is 0 Å². The van der Waals surface area contributed by atoms with Gasteiger partial charge in [-0.05, 0) is 77.3 Å². The summed E-state index contributed by atoms with van der Waals surface area (Å²) in [6, 6.07) is 16.1. The van der Waals surface area contributed by atoms with Gasteiger partial charge in [-0.15, -0.1) is 0 Å². The number of amides is 1. The molecular formula is C48H61NO14. The Morgan fingerprint density at radius 1 is 0.889 bits per heavy atom. The highest BCUT2D eigenvalue weighted by Gasteiger charge is 2.78. The summed E-state index contributed by atoms with van der Waals surface area (Å²) < 4.78 is 49.8. The largest absolute Gasteiger partial charge is 0.456 e. The number of rotatable bonds is 8. The number of Topliss-reactive ketones (excluding diaryl/α,β-unsaturated/α-hetero) is 1. The van der Waals surface area contributed by atoms with E-state index in [0.29, 0.717) is 16.7 Å². The minimum absolute atomic E-state index is 0.138. The molecule has 5 aliphatic rings. The van der Waals surface area contributed by atoms with Gasteiger partial charge in [0.15, 0.2) is 17.5 Å². The summed E-state index contributed by atoms with van der Waals surface area (Å²) in [6.07, 6.45) is -8.24. The normalized spacial score (nSPS) is 35.5. The molecule has 2 aliphatic heterocycles. The quantitative estimate of drug-likeness (QED) is 0.184. The number of methoxy groups -OCH3 is 2. The predicted octanol–water partition coefficient (Wildman–Crippen LogP) is 6.05. The maximum atomic E-state index is 15.7. The van der Waals surface area contributed by atoms with Crippen molar-refractivity contribution in [1.29, 1.82) is 0 Å². The fourth-order valence-electron chi connectivity index (χ4n) is 11.2. The summed E-state index contributed by atoms with van der Waals surface area (Å²) >= 11 is 0. The van der Waals surface area contributed by atoms with Crippen molar-refractivity contribution < 1.29 is 67.0 Å². The van der Waals surface area contributed by atoms with Crippen molar-refractivity contribution in [3.05, 3.63) is 82.9 Å². The lowest BCUT2D eigenvalue weighted by atomic mass is 9.44. The van der Waals surface area contributed by atoms with Crippen LogP contribution in [0.15, 0.2) is 71.8 Å². The number of ether oxygens (including phenoxy) is 8. The number of carbonyl (C=O) groups is 5. The third-order valence-electron chi connectivity index (χ3n) is 14.2. The predicted molar refractivity (Wildman–Crippen MR) is 225 cm³/mol. The summed E-state index contributed by atoms with van der Waals surface area (Å²) in [7, 11) is 2.84. The summed E-state index contributed by atoms with van der Waals surface area (Å²) in [5, 5.41) is 13.9. The average Bonchev–Trinajstić information content (AvgIpc) is 3.50. The Kier molecular flexibility index (Phi) is 11.8.